The molecule has 7 heterocycles. The number of aromatic nitrogens is 8. The average molecular weight is 701 g/mol. The number of hydrogen-bond acceptors (Lipinski definition) is 12. The summed E-state index contributed by atoms with van der Waals surface area (Å²) < 4.78 is 10.1. The fraction of sp³-hybridized carbons (Fsp3) is 0.600. The van der Waals surface area contributed by atoms with Crippen molar-refractivity contribution in [3.63, 3.8) is 0 Å². The van der Waals surface area contributed by atoms with Gasteiger partial charge in [0.2, 0.25) is 12.7 Å². The SMILES string of the molecule is CC(O)C(C(=O)[O-])C1C(C)C(SC2Cn3cnc[n+]3C2)=c2c(=O)n3c(c(=O)n21)=C(SC1Cn2cnc[n+]2C1)C(C)C3C(C(=O)[O-])C(C)O. The second-order valence-corrected chi connectivity index (χ2v) is 15.9. The van der Waals surface area contributed by atoms with Crippen molar-refractivity contribution in [1.29, 1.82) is 0 Å². The van der Waals surface area contributed by atoms with Crippen molar-refractivity contribution in [2.24, 2.45) is 23.7 Å². The third-order valence-corrected chi connectivity index (χ3v) is 13.1. The highest BCUT2D eigenvalue weighted by atomic mass is 32.2. The van der Waals surface area contributed by atoms with Crippen LogP contribution in [0.3, 0.4) is 0 Å². The molecule has 0 spiro atoms. The molecule has 8 atom stereocenters. The largest absolute Gasteiger partial charge is 0.550 e. The second-order valence-electron chi connectivity index (χ2n) is 13.2. The number of fused-ring (bicyclic) bond motifs is 4. The molecule has 0 saturated heterocycles. The monoisotopic (exact) mass is 700 g/mol. The number of carbonyl (C=O) groups is 2. The number of nitrogens with zero attached hydrogens (tertiary/aromatic N) is 8. The molecular weight excluding hydrogens is 665 g/mol. The Balaban J connectivity index is 1.48. The molecule has 3 aromatic rings. The van der Waals surface area contributed by atoms with Crippen LogP contribution in [0.1, 0.15) is 39.8 Å². The van der Waals surface area contributed by atoms with Gasteiger partial charge in [0.1, 0.15) is 23.8 Å². The van der Waals surface area contributed by atoms with Crippen LogP contribution in [0.5, 0.6) is 0 Å². The molecule has 0 radical (unpaired) electrons. The fourth-order valence-corrected chi connectivity index (χ4v) is 11.0. The zero-order valence-corrected chi connectivity index (χ0v) is 28.3. The van der Waals surface area contributed by atoms with E-state index in [2.05, 4.69) is 9.97 Å². The minimum atomic E-state index is -1.56. The van der Waals surface area contributed by atoms with Crippen LogP contribution in [0.15, 0.2) is 34.9 Å². The van der Waals surface area contributed by atoms with Crippen LogP contribution in [-0.4, -0.2) is 73.3 Å². The Labute approximate surface area is 281 Å². The van der Waals surface area contributed by atoms with Crippen molar-refractivity contribution in [3.05, 3.63) is 56.7 Å². The Bertz CT molecular complexity index is 1880. The predicted octanol–water partition coefficient (Wildman–Crippen LogP) is -5.30. The van der Waals surface area contributed by atoms with Gasteiger partial charge in [0.15, 0.2) is 0 Å². The molecule has 2 N–H and O–H groups in total. The topological polar surface area (TPSA) is 208 Å². The first kappa shape index (κ1) is 32.8. The van der Waals surface area contributed by atoms with Gasteiger partial charge in [-0.15, -0.1) is 23.5 Å². The molecule has 3 aromatic heterocycles. The van der Waals surface area contributed by atoms with E-state index in [9.17, 15) is 39.6 Å². The number of thioether (sulfide) groups is 2. The Morgan fingerprint density at radius 3 is 1.48 bits per heavy atom. The van der Waals surface area contributed by atoms with Crippen LogP contribution >= 0.6 is 23.5 Å². The molecular formula is C30H36N8O8S2. The molecule has 18 heteroatoms. The molecule has 4 aliphatic heterocycles. The van der Waals surface area contributed by atoms with E-state index in [0.717, 1.165) is 0 Å². The molecule has 0 fully saturated rings. The van der Waals surface area contributed by atoms with Crippen molar-refractivity contribution in [1.82, 2.24) is 28.5 Å². The number of rotatable bonds is 10. The molecule has 7 rings (SSSR count). The molecule has 4 aliphatic rings. The molecule has 0 aliphatic carbocycles. The number of carboxylic acids is 2. The molecule has 256 valence electrons. The van der Waals surface area contributed by atoms with E-state index in [-0.39, 0.29) is 21.2 Å². The van der Waals surface area contributed by atoms with E-state index in [1.54, 1.807) is 39.2 Å². The first-order valence-electron chi connectivity index (χ1n) is 15.9. The summed E-state index contributed by atoms with van der Waals surface area (Å²) in [4.78, 5) is 64.2. The van der Waals surface area contributed by atoms with Crippen LogP contribution < -0.4 is 41.4 Å². The number of carbonyl (C=O) groups excluding carboxylic acids is 2. The quantitative estimate of drug-likeness (QED) is 0.190. The van der Waals surface area contributed by atoms with E-state index in [4.69, 9.17) is 0 Å². The molecule has 16 nitrogen and oxygen atoms in total. The van der Waals surface area contributed by atoms with Gasteiger partial charge in [-0.25, -0.2) is 0 Å². The maximum atomic E-state index is 14.9. The predicted molar refractivity (Wildman–Crippen MR) is 165 cm³/mol. The minimum absolute atomic E-state index is 0.0394. The van der Waals surface area contributed by atoms with Crippen molar-refractivity contribution in [2.45, 2.75) is 88.7 Å². The molecule has 0 amide bonds. The highest BCUT2D eigenvalue weighted by molar-refractivity contribution is 8.08. The standard InChI is InChI=1S/C30H36N8O8S2/c1-13-21(19(15(3)39)29(43)44)37-23(25(13)47-17-5-33-9-31-10-34(33)6-17)27(41)38-22(20(16(4)40)30(45)46)14(2)26(24(38)28(37)42)48-18-7-35-11-32-12-36(35)8-18/h9-22,39-40H,5-8H2,1-4H3. The third-order valence-electron chi connectivity index (χ3n) is 10.2. The Morgan fingerprint density at radius 2 is 1.17 bits per heavy atom. The zero-order valence-electron chi connectivity index (χ0n) is 26.6. The number of carboxylic acid groups (broad SMARTS) is 2. The van der Waals surface area contributed by atoms with Crippen LogP contribution in [0.2, 0.25) is 0 Å². The summed E-state index contributed by atoms with van der Waals surface area (Å²) in [6.07, 6.45) is 3.88. The molecule has 8 unspecified atom stereocenters. The van der Waals surface area contributed by atoms with E-state index >= 15 is 0 Å². The van der Waals surface area contributed by atoms with Crippen molar-refractivity contribution in [2.75, 3.05) is 0 Å². The van der Waals surface area contributed by atoms with Crippen molar-refractivity contribution >= 4 is 45.3 Å². The molecule has 0 saturated carbocycles. The van der Waals surface area contributed by atoms with Crippen molar-refractivity contribution in [3.8, 4) is 0 Å². The van der Waals surface area contributed by atoms with Gasteiger partial charge in [0, 0.05) is 45.4 Å². The Morgan fingerprint density at radius 1 is 0.792 bits per heavy atom. The summed E-state index contributed by atoms with van der Waals surface area (Å²) in [7, 11) is 0. The number of aliphatic hydroxyl groups is 2. The lowest BCUT2D eigenvalue weighted by Gasteiger charge is -2.33. The van der Waals surface area contributed by atoms with E-state index in [1.165, 1.54) is 46.5 Å². The third kappa shape index (κ3) is 4.97. The van der Waals surface area contributed by atoms with Crippen LogP contribution in [0.4, 0.5) is 0 Å². The van der Waals surface area contributed by atoms with Crippen LogP contribution in [0.25, 0.3) is 9.81 Å². The Hall–Kier alpha value is -3.74. The molecule has 48 heavy (non-hydrogen) atoms. The van der Waals surface area contributed by atoms with Gasteiger partial charge in [-0.3, -0.25) is 18.7 Å². The lowest BCUT2D eigenvalue weighted by molar-refractivity contribution is -0.758. The fourth-order valence-electron chi connectivity index (χ4n) is 8.06. The highest BCUT2D eigenvalue weighted by Gasteiger charge is 2.47. The van der Waals surface area contributed by atoms with Gasteiger partial charge in [-0.2, -0.15) is 18.7 Å². The van der Waals surface area contributed by atoms with Gasteiger partial charge >= 0.3 is 12.7 Å². The maximum Gasteiger partial charge on any atom is 0.306 e. The Kier molecular flexibility index (Phi) is 8.19. The number of hydrogen-bond donors (Lipinski definition) is 2. The lowest BCUT2D eigenvalue weighted by Crippen LogP contribution is -2.60. The first-order chi connectivity index (χ1) is 22.8. The summed E-state index contributed by atoms with van der Waals surface area (Å²) in [6.45, 7) is 8.27. The van der Waals surface area contributed by atoms with Gasteiger partial charge in [0.25, 0.3) is 11.1 Å². The summed E-state index contributed by atoms with van der Waals surface area (Å²) in [5.74, 6) is -7.55. The van der Waals surface area contributed by atoms with E-state index in [1.807, 2.05) is 18.7 Å². The van der Waals surface area contributed by atoms with Gasteiger partial charge in [-0.05, 0) is 23.8 Å². The summed E-state index contributed by atoms with van der Waals surface area (Å²) in [6, 6.07) is -2.31. The molecule has 0 bridgehead atoms. The second kappa shape index (κ2) is 12.0. The van der Waals surface area contributed by atoms with Gasteiger partial charge < -0.3 is 30.0 Å². The van der Waals surface area contributed by atoms with E-state index < -0.39 is 71.0 Å². The number of aliphatic hydroxyl groups excluding tert-OH is 2. The number of aliphatic carboxylic acids is 2. The summed E-state index contributed by atoms with van der Waals surface area (Å²) in [5, 5.41) is 46.3. The summed E-state index contributed by atoms with van der Waals surface area (Å²) in [5.41, 5.74) is -1.32. The van der Waals surface area contributed by atoms with Crippen LogP contribution in [0, 0.1) is 23.7 Å². The average Bonchev–Trinajstić information content (AvgIpc) is 3.82. The van der Waals surface area contributed by atoms with E-state index in [0.29, 0.717) is 36.0 Å². The maximum absolute atomic E-state index is 14.9. The van der Waals surface area contributed by atoms with Crippen molar-refractivity contribution < 1.29 is 39.4 Å². The van der Waals surface area contributed by atoms with Gasteiger partial charge in [-0.1, -0.05) is 13.8 Å². The lowest BCUT2D eigenvalue weighted by atomic mass is 9.87. The first-order valence-corrected chi connectivity index (χ1v) is 17.6. The van der Waals surface area contributed by atoms with Crippen LogP contribution in [-0.2, 0) is 35.8 Å². The highest BCUT2D eigenvalue weighted by Crippen LogP contribution is 2.45. The summed E-state index contributed by atoms with van der Waals surface area (Å²) >= 11 is 2.72. The smallest absolute Gasteiger partial charge is 0.306 e. The normalized spacial score (nSPS) is 28.1. The van der Waals surface area contributed by atoms with Gasteiger partial charge in [0.05, 0.1) is 47.9 Å². The molecule has 0 aromatic carbocycles. The zero-order chi connectivity index (χ0) is 34.3. The minimum Gasteiger partial charge on any atom is -0.550 e.